The molecule has 0 saturated carbocycles. The summed E-state index contributed by atoms with van der Waals surface area (Å²) in [6, 6.07) is 4.53. The third kappa shape index (κ3) is 3.87. The van der Waals surface area contributed by atoms with Crippen molar-refractivity contribution >= 4 is 16.9 Å². The lowest BCUT2D eigenvalue weighted by molar-refractivity contribution is -0.145. The van der Waals surface area contributed by atoms with E-state index in [1.807, 2.05) is 20.8 Å². The van der Waals surface area contributed by atoms with E-state index in [-0.39, 0.29) is 16.9 Å². The maximum absolute atomic E-state index is 13.4. The zero-order valence-corrected chi connectivity index (χ0v) is 14.9. The van der Waals surface area contributed by atoms with Crippen molar-refractivity contribution in [1.82, 2.24) is 19.5 Å². The van der Waals surface area contributed by atoms with Gasteiger partial charge in [0.2, 0.25) is 5.82 Å². The van der Waals surface area contributed by atoms with Crippen LogP contribution in [0.15, 0.2) is 30.6 Å². The number of hydrogen-bond acceptors (Lipinski definition) is 5. The zero-order chi connectivity index (χ0) is 19.3. The molecule has 0 unspecified atom stereocenters. The van der Waals surface area contributed by atoms with E-state index in [1.54, 1.807) is 6.07 Å². The van der Waals surface area contributed by atoms with Gasteiger partial charge in [-0.05, 0) is 19.1 Å². The number of imidazole rings is 1. The Hall–Kier alpha value is -2.84. The van der Waals surface area contributed by atoms with E-state index in [2.05, 4.69) is 20.3 Å². The first-order valence-corrected chi connectivity index (χ1v) is 8.14. The Kier molecular flexibility index (Phi) is 6.01. The molecule has 140 valence electrons. The summed E-state index contributed by atoms with van der Waals surface area (Å²) in [6.45, 7) is 6.52. The van der Waals surface area contributed by atoms with Crippen LogP contribution in [0.2, 0.25) is 0 Å². The molecule has 0 fully saturated rings. The standard InChI is InChI=1S/C15H14F3N5O.C2H6/c1-3-19-12-7-21-13(8-20-12)23-11-5-4-9(24-2)6-10(11)22-14(23)15(16,17)18;1-2/h4-8H,3H2,1-2H3,(H,19,20);1-2H3. The highest BCUT2D eigenvalue weighted by Crippen LogP contribution is 2.34. The van der Waals surface area contributed by atoms with E-state index in [1.165, 1.54) is 31.6 Å². The molecule has 9 heteroatoms. The zero-order valence-electron chi connectivity index (χ0n) is 14.9. The second kappa shape index (κ2) is 8.03. The molecule has 0 bridgehead atoms. The number of hydrogen-bond donors (Lipinski definition) is 1. The van der Waals surface area contributed by atoms with Crippen molar-refractivity contribution in [2.75, 3.05) is 19.0 Å². The van der Waals surface area contributed by atoms with E-state index in [9.17, 15) is 13.2 Å². The third-order valence-electron chi connectivity index (χ3n) is 3.34. The average Bonchev–Trinajstić information content (AvgIpc) is 3.03. The number of anilines is 1. The van der Waals surface area contributed by atoms with E-state index < -0.39 is 12.0 Å². The fourth-order valence-corrected chi connectivity index (χ4v) is 2.32. The predicted octanol–water partition coefficient (Wildman–Crippen LogP) is 4.30. The Morgan fingerprint density at radius 1 is 1.15 bits per heavy atom. The molecule has 0 aliphatic rings. The molecular weight excluding hydrogens is 347 g/mol. The number of halogens is 3. The second-order valence-electron chi connectivity index (χ2n) is 4.91. The molecular formula is C17H20F3N5O. The van der Waals surface area contributed by atoms with Crippen LogP contribution < -0.4 is 10.1 Å². The quantitative estimate of drug-likeness (QED) is 0.745. The Balaban J connectivity index is 0.00000117. The van der Waals surface area contributed by atoms with Crippen molar-refractivity contribution in [3.8, 4) is 11.6 Å². The number of rotatable bonds is 4. The van der Waals surface area contributed by atoms with Crippen LogP contribution in [0.5, 0.6) is 5.75 Å². The molecule has 3 aromatic rings. The molecule has 0 amide bonds. The van der Waals surface area contributed by atoms with Gasteiger partial charge in [0, 0.05) is 12.6 Å². The van der Waals surface area contributed by atoms with Gasteiger partial charge in [0.05, 0.1) is 30.5 Å². The number of nitrogens with zero attached hydrogens (tertiary/aromatic N) is 4. The third-order valence-corrected chi connectivity index (χ3v) is 3.34. The highest BCUT2D eigenvalue weighted by atomic mass is 19.4. The van der Waals surface area contributed by atoms with Gasteiger partial charge in [-0.2, -0.15) is 13.2 Å². The van der Waals surface area contributed by atoms with Crippen LogP contribution in [0.3, 0.4) is 0 Å². The molecule has 3 rings (SSSR count). The summed E-state index contributed by atoms with van der Waals surface area (Å²) in [6.07, 6.45) is -1.97. The first kappa shape index (κ1) is 19.5. The van der Waals surface area contributed by atoms with Gasteiger partial charge in [-0.3, -0.25) is 4.57 Å². The van der Waals surface area contributed by atoms with Crippen LogP contribution in [0.25, 0.3) is 16.9 Å². The highest BCUT2D eigenvalue weighted by Gasteiger charge is 2.38. The number of alkyl halides is 3. The van der Waals surface area contributed by atoms with Gasteiger partial charge in [0.1, 0.15) is 11.6 Å². The summed E-state index contributed by atoms with van der Waals surface area (Å²) < 4.78 is 46.1. The Labute approximate surface area is 149 Å². The van der Waals surface area contributed by atoms with Crippen LogP contribution >= 0.6 is 0 Å². The van der Waals surface area contributed by atoms with Gasteiger partial charge in [-0.15, -0.1) is 0 Å². The molecule has 2 heterocycles. The van der Waals surface area contributed by atoms with Crippen molar-refractivity contribution < 1.29 is 17.9 Å². The smallest absolute Gasteiger partial charge is 0.450 e. The molecule has 0 atom stereocenters. The summed E-state index contributed by atoms with van der Waals surface area (Å²) in [5.74, 6) is -0.108. The minimum Gasteiger partial charge on any atom is -0.497 e. The van der Waals surface area contributed by atoms with Crippen LogP contribution in [0.1, 0.15) is 26.6 Å². The van der Waals surface area contributed by atoms with E-state index in [0.29, 0.717) is 18.1 Å². The van der Waals surface area contributed by atoms with Gasteiger partial charge in [-0.25, -0.2) is 15.0 Å². The van der Waals surface area contributed by atoms with Crippen molar-refractivity contribution in [2.45, 2.75) is 26.9 Å². The summed E-state index contributed by atoms with van der Waals surface area (Å²) in [4.78, 5) is 11.8. The van der Waals surface area contributed by atoms with Gasteiger partial charge < -0.3 is 10.1 Å². The molecule has 2 aromatic heterocycles. The molecule has 0 spiro atoms. The maximum atomic E-state index is 13.4. The molecule has 0 aliphatic carbocycles. The molecule has 6 nitrogen and oxygen atoms in total. The molecule has 0 aliphatic heterocycles. The molecule has 1 N–H and O–H groups in total. The van der Waals surface area contributed by atoms with E-state index >= 15 is 0 Å². The van der Waals surface area contributed by atoms with Crippen molar-refractivity contribution in [3.63, 3.8) is 0 Å². The lowest BCUT2D eigenvalue weighted by Gasteiger charge is -2.11. The number of ether oxygens (including phenoxy) is 1. The Morgan fingerprint density at radius 2 is 1.88 bits per heavy atom. The topological polar surface area (TPSA) is 64.9 Å². The first-order valence-electron chi connectivity index (χ1n) is 8.14. The second-order valence-corrected chi connectivity index (χ2v) is 4.91. The van der Waals surface area contributed by atoms with Crippen LogP contribution in [-0.4, -0.2) is 33.2 Å². The van der Waals surface area contributed by atoms with Gasteiger partial charge in [0.25, 0.3) is 0 Å². The Morgan fingerprint density at radius 3 is 2.42 bits per heavy atom. The van der Waals surface area contributed by atoms with Crippen LogP contribution in [0.4, 0.5) is 19.0 Å². The summed E-state index contributed by atoms with van der Waals surface area (Å²) >= 11 is 0. The largest absolute Gasteiger partial charge is 0.497 e. The minimum atomic E-state index is -4.63. The number of benzene rings is 1. The maximum Gasteiger partial charge on any atom is 0.450 e. The predicted molar refractivity (Wildman–Crippen MR) is 93.7 cm³/mol. The lowest BCUT2D eigenvalue weighted by Crippen LogP contribution is -2.15. The van der Waals surface area contributed by atoms with Crippen molar-refractivity contribution in [1.29, 1.82) is 0 Å². The van der Waals surface area contributed by atoms with Gasteiger partial charge >= 0.3 is 6.18 Å². The van der Waals surface area contributed by atoms with E-state index in [0.717, 1.165) is 4.57 Å². The van der Waals surface area contributed by atoms with Crippen molar-refractivity contribution in [2.24, 2.45) is 0 Å². The SMILES string of the molecule is CC.CCNc1cnc(-n2c(C(F)(F)F)nc3cc(OC)ccc32)cn1. The number of methoxy groups -OCH3 is 1. The fourth-order valence-electron chi connectivity index (χ4n) is 2.32. The summed E-state index contributed by atoms with van der Waals surface area (Å²) in [5.41, 5.74) is 0.438. The summed E-state index contributed by atoms with van der Waals surface area (Å²) in [5, 5.41) is 2.94. The molecule has 0 saturated heterocycles. The minimum absolute atomic E-state index is 0.0386. The highest BCUT2D eigenvalue weighted by molar-refractivity contribution is 5.79. The van der Waals surface area contributed by atoms with Crippen LogP contribution in [-0.2, 0) is 6.18 Å². The fraction of sp³-hybridized carbons (Fsp3) is 0.353. The Bertz CT molecular complexity index is 859. The number of nitrogens with one attached hydrogen (secondary N) is 1. The monoisotopic (exact) mass is 367 g/mol. The number of aromatic nitrogens is 4. The van der Waals surface area contributed by atoms with E-state index in [4.69, 9.17) is 4.74 Å². The van der Waals surface area contributed by atoms with Crippen LogP contribution in [0, 0.1) is 0 Å². The molecule has 26 heavy (non-hydrogen) atoms. The first-order chi connectivity index (χ1) is 12.4. The molecule has 1 aromatic carbocycles. The van der Waals surface area contributed by atoms with Gasteiger partial charge in [0.15, 0.2) is 5.82 Å². The normalized spacial score (nSPS) is 11.0. The average molecular weight is 367 g/mol. The lowest BCUT2D eigenvalue weighted by atomic mass is 10.3. The van der Waals surface area contributed by atoms with Gasteiger partial charge in [-0.1, -0.05) is 13.8 Å². The van der Waals surface area contributed by atoms with Crippen molar-refractivity contribution in [3.05, 3.63) is 36.4 Å². The molecule has 0 radical (unpaired) electrons. The number of fused-ring (bicyclic) bond motifs is 1. The summed E-state index contributed by atoms with van der Waals surface area (Å²) in [7, 11) is 1.44.